The second-order valence-corrected chi connectivity index (χ2v) is 9.95. The van der Waals surface area contributed by atoms with Crippen LogP contribution in [0.1, 0.15) is 56.1 Å². The summed E-state index contributed by atoms with van der Waals surface area (Å²) in [5, 5.41) is 3.77. The van der Waals surface area contributed by atoms with Crippen LogP contribution in [0.5, 0.6) is 0 Å². The molecule has 1 aromatic carbocycles. The van der Waals surface area contributed by atoms with Crippen molar-refractivity contribution in [3.05, 3.63) is 45.8 Å². The summed E-state index contributed by atoms with van der Waals surface area (Å²) in [5.74, 6) is 1.87. The smallest absolute Gasteiger partial charge is 0.336 e. The minimum absolute atomic E-state index is 0.00686. The lowest BCUT2D eigenvalue weighted by atomic mass is 9.49. The van der Waals surface area contributed by atoms with E-state index in [4.69, 9.17) is 9.15 Å². The lowest BCUT2D eigenvalue weighted by Gasteiger charge is -2.55. The summed E-state index contributed by atoms with van der Waals surface area (Å²) < 4.78 is 10.6. The number of fused-ring (bicyclic) bond motifs is 1. The van der Waals surface area contributed by atoms with Gasteiger partial charge in [0.2, 0.25) is 5.91 Å². The standard InChI is InChI=1S/C25H29NO5/c1-15-2-3-20-19(10-23(28)31-21(20)6-15)14-30-22(27)4-5-26-24(29)25-11-16-7-17(12-25)9-18(8-16)13-25/h2-3,6,10,16-18H,4-5,7-9,11-14H2,1H3,(H,26,29). The molecule has 4 fully saturated rings. The molecule has 0 atom stereocenters. The Morgan fingerprint density at radius 3 is 2.45 bits per heavy atom. The van der Waals surface area contributed by atoms with Crippen LogP contribution in [0.2, 0.25) is 0 Å². The van der Waals surface area contributed by atoms with Gasteiger partial charge in [0.05, 0.1) is 6.42 Å². The van der Waals surface area contributed by atoms with Crippen molar-refractivity contribution in [2.45, 2.75) is 58.5 Å². The average Bonchev–Trinajstić information content (AvgIpc) is 2.70. The third kappa shape index (κ3) is 4.00. The number of aryl methyl sites for hydroxylation is 1. The second-order valence-electron chi connectivity index (χ2n) is 9.95. The van der Waals surface area contributed by atoms with Crippen LogP contribution in [0.15, 0.2) is 33.5 Å². The summed E-state index contributed by atoms with van der Waals surface area (Å²) in [7, 11) is 0. The van der Waals surface area contributed by atoms with E-state index in [9.17, 15) is 14.4 Å². The Kier molecular flexibility index (Phi) is 5.11. The van der Waals surface area contributed by atoms with Gasteiger partial charge in [-0.2, -0.15) is 0 Å². The predicted molar refractivity (Wildman–Crippen MR) is 115 cm³/mol. The summed E-state index contributed by atoms with van der Waals surface area (Å²) in [5.41, 5.74) is 1.43. The maximum absolute atomic E-state index is 13.0. The summed E-state index contributed by atoms with van der Waals surface area (Å²) in [6.07, 6.45) is 7.05. The Balaban J connectivity index is 1.14. The highest BCUT2D eigenvalue weighted by atomic mass is 16.5. The van der Waals surface area contributed by atoms with Gasteiger partial charge in [-0.25, -0.2) is 4.79 Å². The number of esters is 1. The molecule has 6 rings (SSSR count). The Morgan fingerprint density at radius 2 is 1.77 bits per heavy atom. The van der Waals surface area contributed by atoms with Gasteiger partial charge in [-0.15, -0.1) is 0 Å². The van der Waals surface area contributed by atoms with Crippen molar-refractivity contribution in [2.75, 3.05) is 6.54 Å². The third-order valence-corrected chi connectivity index (χ3v) is 7.51. The van der Waals surface area contributed by atoms with Gasteiger partial charge >= 0.3 is 11.6 Å². The van der Waals surface area contributed by atoms with Gasteiger partial charge in [0, 0.05) is 29.0 Å². The summed E-state index contributed by atoms with van der Waals surface area (Å²) in [6.45, 7) is 2.22. The molecule has 164 valence electrons. The fourth-order valence-electron chi connectivity index (χ4n) is 6.54. The highest BCUT2D eigenvalue weighted by Gasteiger charge is 2.54. The Labute approximate surface area is 181 Å². The van der Waals surface area contributed by atoms with Crippen LogP contribution in [0, 0.1) is 30.1 Å². The van der Waals surface area contributed by atoms with Gasteiger partial charge in [0.25, 0.3) is 0 Å². The van der Waals surface area contributed by atoms with Gasteiger partial charge in [-0.05, 0) is 74.8 Å². The first kappa shape index (κ1) is 20.3. The average molecular weight is 424 g/mol. The van der Waals surface area contributed by atoms with Crippen molar-refractivity contribution in [3.8, 4) is 0 Å². The molecule has 31 heavy (non-hydrogen) atoms. The number of hydrogen-bond acceptors (Lipinski definition) is 5. The van der Waals surface area contributed by atoms with Crippen LogP contribution in [0.3, 0.4) is 0 Å². The van der Waals surface area contributed by atoms with Crippen molar-refractivity contribution < 1.29 is 18.7 Å². The number of carbonyl (C=O) groups is 2. The van der Waals surface area contributed by atoms with Gasteiger partial charge < -0.3 is 14.5 Å². The topological polar surface area (TPSA) is 85.6 Å². The molecular weight excluding hydrogens is 394 g/mol. The predicted octanol–water partition coefficient (Wildman–Crippen LogP) is 3.87. The summed E-state index contributed by atoms with van der Waals surface area (Å²) >= 11 is 0. The number of carbonyl (C=O) groups excluding carboxylic acids is 2. The maximum atomic E-state index is 13.0. The minimum Gasteiger partial charge on any atom is -0.461 e. The van der Waals surface area contributed by atoms with Crippen LogP contribution in [-0.2, 0) is 20.9 Å². The van der Waals surface area contributed by atoms with E-state index >= 15 is 0 Å². The number of amides is 1. The molecule has 0 aliphatic heterocycles. The zero-order valence-corrected chi connectivity index (χ0v) is 17.9. The van der Waals surface area contributed by atoms with Crippen LogP contribution < -0.4 is 10.9 Å². The Bertz CT molecular complexity index is 1050. The molecule has 0 saturated heterocycles. The van der Waals surface area contributed by atoms with Crippen molar-refractivity contribution in [1.82, 2.24) is 5.32 Å². The molecule has 6 heteroatoms. The van der Waals surface area contributed by atoms with E-state index in [1.807, 2.05) is 19.1 Å². The molecule has 6 nitrogen and oxygen atoms in total. The van der Waals surface area contributed by atoms with Gasteiger partial charge in [-0.1, -0.05) is 12.1 Å². The maximum Gasteiger partial charge on any atom is 0.336 e. The number of rotatable bonds is 6. The molecule has 0 spiro atoms. The molecule has 1 amide bonds. The van der Waals surface area contributed by atoms with E-state index in [1.165, 1.54) is 25.3 Å². The van der Waals surface area contributed by atoms with Gasteiger partial charge in [0.15, 0.2) is 0 Å². The first-order chi connectivity index (χ1) is 14.9. The number of ether oxygens (including phenoxy) is 1. The monoisotopic (exact) mass is 423 g/mol. The first-order valence-electron chi connectivity index (χ1n) is 11.4. The Hall–Kier alpha value is -2.63. The van der Waals surface area contributed by atoms with Crippen LogP contribution >= 0.6 is 0 Å². The quantitative estimate of drug-likeness (QED) is 0.563. The molecule has 4 bridgehead atoms. The van der Waals surface area contributed by atoms with Crippen molar-refractivity contribution >= 4 is 22.8 Å². The fraction of sp³-hybridized carbons (Fsp3) is 0.560. The molecule has 1 aromatic heterocycles. The zero-order chi connectivity index (χ0) is 21.6. The molecule has 4 aliphatic rings. The van der Waals surface area contributed by atoms with Crippen LogP contribution in [-0.4, -0.2) is 18.4 Å². The van der Waals surface area contributed by atoms with Crippen molar-refractivity contribution in [2.24, 2.45) is 23.2 Å². The third-order valence-electron chi connectivity index (χ3n) is 7.51. The Morgan fingerprint density at radius 1 is 1.10 bits per heavy atom. The number of benzene rings is 1. The zero-order valence-electron chi connectivity index (χ0n) is 17.9. The second kappa shape index (κ2) is 7.81. The largest absolute Gasteiger partial charge is 0.461 e. The fourth-order valence-corrected chi connectivity index (χ4v) is 6.54. The summed E-state index contributed by atoms with van der Waals surface area (Å²) in [4.78, 5) is 37.0. The van der Waals surface area contributed by atoms with Crippen LogP contribution in [0.25, 0.3) is 11.0 Å². The van der Waals surface area contributed by atoms with E-state index in [2.05, 4.69) is 5.32 Å². The first-order valence-corrected chi connectivity index (χ1v) is 11.4. The lowest BCUT2D eigenvalue weighted by molar-refractivity contribution is -0.147. The highest BCUT2D eigenvalue weighted by Crippen LogP contribution is 2.60. The van der Waals surface area contributed by atoms with Crippen LogP contribution in [0.4, 0.5) is 0 Å². The number of nitrogens with one attached hydrogen (secondary N) is 1. The van der Waals surface area contributed by atoms with E-state index < -0.39 is 5.63 Å². The molecule has 2 aromatic rings. The molecule has 1 N–H and O–H groups in total. The van der Waals surface area contributed by atoms with Crippen molar-refractivity contribution in [1.29, 1.82) is 0 Å². The van der Waals surface area contributed by atoms with Crippen molar-refractivity contribution in [3.63, 3.8) is 0 Å². The molecule has 0 radical (unpaired) electrons. The van der Waals surface area contributed by atoms with E-state index in [0.29, 0.717) is 28.9 Å². The SMILES string of the molecule is Cc1ccc2c(COC(=O)CCNC(=O)C34CC5CC(CC(C5)C3)C4)cc(=O)oc2c1. The van der Waals surface area contributed by atoms with E-state index in [1.54, 1.807) is 6.07 Å². The van der Waals surface area contributed by atoms with Gasteiger partial charge in [0.1, 0.15) is 12.2 Å². The number of hydrogen-bond donors (Lipinski definition) is 1. The molecule has 4 aliphatic carbocycles. The molecular formula is C25H29NO5. The van der Waals surface area contributed by atoms with E-state index in [0.717, 1.165) is 30.2 Å². The molecule has 4 saturated carbocycles. The van der Waals surface area contributed by atoms with E-state index in [-0.39, 0.29) is 36.9 Å². The molecule has 0 unspecified atom stereocenters. The summed E-state index contributed by atoms with van der Waals surface area (Å²) in [6, 6.07) is 6.94. The van der Waals surface area contributed by atoms with Gasteiger partial charge in [-0.3, -0.25) is 9.59 Å². The normalized spacial score (nSPS) is 28.6. The minimum atomic E-state index is -0.466. The lowest BCUT2D eigenvalue weighted by Crippen LogP contribution is -2.53. The molecule has 1 heterocycles. The highest BCUT2D eigenvalue weighted by molar-refractivity contribution is 5.84.